The van der Waals surface area contributed by atoms with Crippen LogP contribution in [0, 0.1) is 11.8 Å². The molecule has 1 aliphatic rings. The number of hydrogen-bond acceptors (Lipinski definition) is 5. The molecule has 0 saturated carbocycles. The van der Waals surface area contributed by atoms with Gasteiger partial charge in [-0.25, -0.2) is 0 Å². The zero-order valence-electron chi connectivity index (χ0n) is 10.3. The molecule has 0 atom stereocenters. The Kier molecular flexibility index (Phi) is 4.68. The fraction of sp³-hybridized carbons (Fsp3) is 0.385. The summed E-state index contributed by atoms with van der Waals surface area (Å²) in [5, 5.41) is 12.9. The molecular weight excluding hydrogens is 264 g/mol. The monoisotopic (exact) mass is 278 g/mol. The van der Waals surface area contributed by atoms with Crippen molar-refractivity contribution in [2.24, 2.45) is 0 Å². The Labute approximate surface area is 115 Å². The Balaban J connectivity index is 2.03. The van der Waals surface area contributed by atoms with Crippen LogP contribution in [0.1, 0.15) is 16.9 Å². The van der Waals surface area contributed by atoms with Gasteiger partial charge in [0, 0.05) is 23.4 Å². The summed E-state index contributed by atoms with van der Waals surface area (Å²) >= 11 is 1.55. The van der Waals surface area contributed by atoms with Crippen LogP contribution in [0.4, 0.5) is 0 Å². The Morgan fingerprint density at radius 1 is 1.37 bits per heavy atom. The van der Waals surface area contributed by atoms with E-state index in [1.165, 1.54) is 0 Å². The largest absolute Gasteiger partial charge is 0.395 e. The van der Waals surface area contributed by atoms with E-state index in [0.29, 0.717) is 13.0 Å². The first-order valence-electron chi connectivity index (χ1n) is 5.90. The van der Waals surface area contributed by atoms with Gasteiger partial charge in [0.05, 0.1) is 19.7 Å². The molecule has 0 aliphatic carbocycles. The van der Waals surface area contributed by atoms with E-state index >= 15 is 0 Å². The number of rotatable bonds is 3. The van der Waals surface area contributed by atoms with Gasteiger partial charge < -0.3 is 5.11 Å². The normalized spacial score (nSPS) is 15.8. The average molecular weight is 278 g/mol. The molecule has 2 rings (SSSR count). The molecule has 1 aromatic heterocycles. The molecule has 6 heteroatoms. The van der Waals surface area contributed by atoms with Crippen LogP contribution >= 0.6 is 11.3 Å². The first kappa shape index (κ1) is 13.7. The quantitative estimate of drug-likeness (QED) is 0.600. The van der Waals surface area contributed by atoms with E-state index in [9.17, 15) is 9.59 Å². The summed E-state index contributed by atoms with van der Waals surface area (Å²) in [6.07, 6.45) is 0.444. The number of carbonyl (C=O) groups is 2. The van der Waals surface area contributed by atoms with E-state index in [1.54, 1.807) is 16.2 Å². The van der Waals surface area contributed by atoms with Crippen molar-refractivity contribution in [3.05, 3.63) is 21.9 Å². The third-order valence-corrected chi connectivity index (χ3v) is 3.49. The maximum Gasteiger partial charge on any atom is 0.240 e. The number of thiophene rings is 1. The van der Waals surface area contributed by atoms with E-state index < -0.39 is 0 Å². The molecule has 5 nitrogen and oxygen atoms in total. The number of aliphatic hydroxyl groups is 1. The van der Waals surface area contributed by atoms with Crippen molar-refractivity contribution in [2.45, 2.75) is 13.0 Å². The third-order valence-electron chi connectivity index (χ3n) is 2.59. The standard InChI is InChI=1S/C13H14N2O3S/c16-5-2-1-3-10-4-6-19-11(10)7-15-8-12(17)14-13(18)9-15/h4,6,16H,2,5,7-9H2,(H,14,17,18). The summed E-state index contributed by atoms with van der Waals surface area (Å²) in [5.41, 5.74) is 0.900. The number of piperazine rings is 1. The minimum absolute atomic E-state index is 0.0489. The van der Waals surface area contributed by atoms with Gasteiger partial charge in [0.2, 0.25) is 11.8 Å². The highest BCUT2D eigenvalue weighted by atomic mass is 32.1. The van der Waals surface area contributed by atoms with Crippen molar-refractivity contribution in [1.29, 1.82) is 0 Å². The summed E-state index contributed by atoms with van der Waals surface area (Å²) in [5.74, 6) is 5.34. The topological polar surface area (TPSA) is 69.6 Å². The Morgan fingerprint density at radius 3 is 2.79 bits per heavy atom. The maximum atomic E-state index is 11.3. The van der Waals surface area contributed by atoms with Crippen molar-refractivity contribution >= 4 is 23.2 Å². The first-order valence-corrected chi connectivity index (χ1v) is 6.78. The molecule has 100 valence electrons. The Morgan fingerprint density at radius 2 is 2.11 bits per heavy atom. The van der Waals surface area contributed by atoms with Gasteiger partial charge in [-0.05, 0) is 11.4 Å². The lowest BCUT2D eigenvalue weighted by Gasteiger charge is -2.24. The van der Waals surface area contributed by atoms with Gasteiger partial charge in [-0.2, -0.15) is 0 Å². The molecule has 1 saturated heterocycles. The minimum atomic E-state index is -0.263. The number of aliphatic hydroxyl groups excluding tert-OH is 1. The summed E-state index contributed by atoms with van der Waals surface area (Å²) in [6.45, 7) is 1.05. The van der Waals surface area contributed by atoms with Crippen LogP contribution in [0.3, 0.4) is 0 Å². The van der Waals surface area contributed by atoms with Crippen molar-refractivity contribution in [3.63, 3.8) is 0 Å². The third kappa shape index (κ3) is 3.89. The van der Waals surface area contributed by atoms with E-state index in [0.717, 1.165) is 10.4 Å². The number of hydrogen-bond donors (Lipinski definition) is 2. The van der Waals surface area contributed by atoms with Crippen LogP contribution < -0.4 is 5.32 Å². The predicted octanol–water partition coefficient (Wildman–Crippen LogP) is -0.0596. The maximum absolute atomic E-state index is 11.3. The van der Waals surface area contributed by atoms with E-state index in [4.69, 9.17) is 5.11 Å². The van der Waals surface area contributed by atoms with Gasteiger partial charge in [-0.3, -0.25) is 19.8 Å². The van der Waals surface area contributed by atoms with Gasteiger partial charge in [0.25, 0.3) is 0 Å². The molecule has 0 aromatic carbocycles. The summed E-state index contributed by atoms with van der Waals surface area (Å²) in [6, 6.07) is 1.91. The highest BCUT2D eigenvalue weighted by molar-refractivity contribution is 7.10. The molecule has 19 heavy (non-hydrogen) atoms. The van der Waals surface area contributed by atoms with Gasteiger partial charge in [-0.15, -0.1) is 11.3 Å². The van der Waals surface area contributed by atoms with E-state index in [1.807, 2.05) is 11.4 Å². The molecule has 2 heterocycles. The molecule has 0 unspecified atom stereocenters. The molecule has 1 aromatic rings. The molecular formula is C13H14N2O3S. The van der Waals surface area contributed by atoms with Crippen LogP contribution in [0.25, 0.3) is 0 Å². The minimum Gasteiger partial charge on any atom is -0.395 e. The molecule has 0 spiro atoms. The van der Waals surface area contributed by atoms with Gasteiger partial charge in [-0.1, -0.05) is 11.8 Å². The molecule has 1 fully saturated rings. The fourth-order valence-corrected chi connectivity index (χ4v) is 2.67. The zero-order valence-corrected chi connectivity index (χ0v) is 11.1. The molecule has 0 bridgehead atoms. The number of nitrogens with one attached hydrogen (secondary N) is 1. The van der Waals surface area contributed by atoms with Crippen LogP contribution in [0.15, 0.2) is 11.4 Å². The SMILES string of the molecule is O=C1CN(Cc2sccc2C#CCCO)CC(=O)N1. The number of carbonyl (C=O) groups excluding carboxylic acids is 2. The summed E-state index contributed by atoms with van der Waals surface area (Å²) < 4.78 is 0. The van der Waals surface area contributed by atoms with Crippen LogP contribution in [0.2, 0.25) is 0 Å². The highest BCUT2D eigenvalue weighted by Crippen LogP contribution is 2.18. The Hall–Kier alpha value is -1.68. The average Bonchev–Trinajstić information content (AvgIpc) is 2.76. The lowest BCUT2D eigenvalue weighted by atomic mass is 10.2. The zero-order chi connectivity index (χ0) is 13.7. The second kappa shape index (κ2) is 6.48. The van der Waals surface area contributed by atoms with Crippen molar-refractivity contribution in [3.8, 4) is 11.8 Å². The van der Waals surface area contributed by atoms with Gasteiger partial charge in [0.15, 0.2) is 0 Å². The van der Waals surface area contributed by atoms with E-state index in [2.05, 4.69) is 17.2 Å². The number of nitrogens with zero attached hydrogens (tertiary/aromatic N) is 1. The highest BCUT2D eigenvalue weighted by Gasteiger charge is 2.23. The lowest BCUT2D eigenvalue weighted by Crippen LogP contribution is -2.50. The van der Waals surface area contributed by atoms with E-state index in [-0.39, 0.29) is 31.5 Å². The first-order chi connectivity index (χ1) is 9.19. The molecule has 2 amide bonds. The van der Waals surface area contributed by atoms with Crippen molar-refractivity contribution in [2.75, 3.05) is 19.7 Å². The van der Waals surface area contributed by atoms with Gasteiger partial charge >= 0.3 is 0 Å². The van der Waals surface area contributed by atoms with Gasteiger partial charge in [0.1, 0.15) is 0 Å². The van der Waals surface area contributed by atoms with Crippen LogP contribution in [-0.2, 0) is 16.1 Å². The second-order valence-corrected chi connectivity index (χ2v) is 5.15. The number of imide groups is 1. The second-order valence-electron chi connectivity index (χ2n) is 4.15. The van der Waals surface area contributed by atoms with Crippen molar-refractivity contribution in [1.82, 2.24) is 10.2 Å². The predicted molar refractivity (Wildman–Crippen MR) is 71.3 cm³/mol. The van der Waals surface area contributed by atoms with Crippen LogP contribution in [0.5, 0.6) is 0 Å². The fourth-order valence-electron chi connectivity index (χ4n) is 1.80. The molecule has 0 radical (unpaired) electrons. The lowest BCUT2D eigenvalue weighted by molar-refractivity contribution is -0.136. The van der Waals surface area contributed by atoms with Crippen molar-refractivity contribution < 1.29 is 14.7 Å². The molecule has 2 N–H and O–H groups in total. The summed E-state index contributed by atoms with van der Waals surface area (Å²) in [7, 11) is 0. The smallest absolute Gasteiger partial charge is 0.240 e. The molecule has 1 aliphatic heterocycles. The number of amides is 2. The van der Waals surface area contributed by atoms with Crippen LogP contribution in [-0.4, -0.2) is 41.5 Å². The Bertz CT molecular complexity index is 526. The summed E-state index contributed by atoms with van der Waals surface area (Å²) in [4.78, 5) is 25.4.